The number of likely N-dealkylation sites (tertiary alicyclic amines) is 1. The number of anilines is 1. The van der Waals surface area contributed by atoms with Gasteiger partial charge in [0, 0.05) is 26.2 Å². The Hall–Kier alpha value is -2.13. The Morgan fingerprint density at radius 2 is 2.12 bits per heavy atom. The molecule has 136 valence electrons. The Bertz CT molecular complexity index is 628. The van der Waals surface area contributed by atoms with Crippen LogP contribution < -0.4 is 5.32 Å². The van der Waals surface area contributed by atoms with Gasteiger partial charge in [-0.25, -0.2) is 9.59 Å². The van der Waals surface area contributed by atoms with Crippen molar-refractivity contribution in [3.05, 3.63) is 17.5 Å². The van der Waals surface area contributed by atoms with E-state index in [4.69, 9.17) is 4.74 Å². The molecular formula is C16H22N4O4S. The van der Waals surface area contributed by atoms with Crippen molar-refractivity contribution in [2.45, 2.75) is 18.9 Å². The largest absolute Gasteiger partial charge is 0.383 e. The molecule has 5 amide bonds. The normalized spacial score (nSPS) is 19.0. The summed E-state index contributed by atoms with van der Waals surface area (Å²) in [4.78, 5) is 41.3. The van der Waals surface area contributed by atoms with Gasteiger partial charge < -0.3 is 14.5 Å². The summed E-state index contributed by atoms with van der Waals surface area (Å²) in [5.74, 6) is -0.181. The summed E-state index contributed by atoms with van der Waals surface area (Å²) in [7, 11) is 1.54. The molecule has 2 saturated heterocycles. The lowest BCUT2D eigenvalue weighted by molar-refractivity contribution is -0.125. The van der Waals surface area contributed by atoms with Gasteiger partial charge in [-0.3, -0.25) is 15.0 Å². The van der Waals surface area contributed by atoms with Crippen LogP contribution in [0.15, 0.2) is 17.5 Å². The molecule has 1 aromatic heterocycles. The van der Waals surface area contributed by atoms with Crippen molar-refractivity contribution in [3.63, 3.8) is 0 Å². The molecule has 2 aliphatic rings. The lowest BCUT2D eigenvalue weighted by Gasteiger charge is -2.36. The van der Waals surface area contributed by atoms with Crippen LogP contribution >= 0.6 is 11.3 Å². The molecule has 0 saturated carbocycles. The van der Waals surface area contributed by atoms with Crippen LogP contribution in [0.2, 0.25) is 0 Å². The highest BCUT2D eigenvalue weighted by molar-refractivity contribution is 7.14. The van der Waals surface area contributed by atoms with Crippen LogP contribution in [-0.2, 0) is 9.53 Å². The first-order chi connectivity index (χ1) is 12.1. The van der Waals surface area contributed by atoms with Gasteiger partial charge in [0.1, 0.15) is 6.54 Å². The monoisotopic (exact) mass is 366 g/mol. The second-order valence-corrected chi connectivity index (χ2v) is 7.02. The SMILES string of the molecule is COCCN1C(=O)CN(C2CCN(C(=O)Nc3cccs3)CC2)C1=O. The zero-order valence-corrected chi connectivity index (χ0v) is 15.0. The van der Waals surface area contributed by atoms with Gasteiger partial charge in [-0.2, -0.15) is 0 Å². The van der Waals surface area contributed by atoms with E-state index in [-0.39, 0.29) is 37.1 Å². The van der Waals surface area contributed by atoms with E-state index in [2.05, 4.69) is 5.32 Å². The topological polar surface area (TPSA) is 82.2 Å². The number of amides is 5. The number of carbonyl (C=O) groups excluding carboxylic acids is 3. The van der Waals surface area contributed by atoms with Crippen molar-refractivity contribution in [3.8, 4) is 0 Å². The molecule has 0 bridgehead atoms. The predicted molar refractivity (Wildman–Crippen MR) is 93.6 cm³/mol. The standard InChI is InChI=1S/C16H22N4O4S/c1-24-9-8-19-14(21)11-20(16(19)23)12-4-6-18(7-5-12)15(22)17-13-3-2-10-25-13/h2-3,10,12H,4-9,11H2,1H3,(H,17,22). The van der Waals surface area contributed by atoms with Gasteiger partial charge in [-0.1, -0.05) is 0 Å². The van der Waals surface area contributed by atoms with E-state index >= 15 is 0 Å². The second-order valence-electron chi connectivity index (χ2n) is 6.07. The number of nitrogens with zero attached hydrogens (tertiary/aromatic N) is 3. The maximum atomic E-state index is 12.4. The van der Waals surface area contributed by atoms with E-state index in [9.17, 15) is 14.4 Å². The van der Waals surface area contributed by atoms with Crippen LogP contribution in [0.4, 0.5) is 14.6 Å². The number of thiophene rings is 1. The molecule has 25 heavy (non-hydrogen) atoms. The molecule has 1 aromatic rings. The molecule has 0 unspecified atom stereocenters. The van der Waals surface area contributed by atoms with Crippen molar-refractivity contribution in [1.29, 1.82) is 0 Å². The predicted octanol–water partition coefficient (Wildman–Crippen LogP) is 1.66. The van der Waals surface area contributed by atoms with Gasteiger partial charge in [0.15, 0.2) is 0 Å². The first-order valence-corrected chi connectivity index (χ1v) is 9.17. The summed E-state index contributed by atoms with van der Waals surface area (Å²) >= 11 is 1.48. The van der Waals surface area contributed by atoms with Crippen molar-refractivity contribution in [2.24, 2.45) is 0 Å². The van der Waals surface area contributed by atoms with Gasteiger partial charge >= 0.3 is 12.1 Å². The molecule has 2 aliphatic heterocycles. The smallest absolute Gasteiger partial charge is 0.327 e. The van der Waals surface area contributed by atoms with Crippen molar-refractivity contribution in [2.75, 3.05) is 45.2 Å². The summed E-state index contributed by atoms with van der Waals surface area (Å²) in [6.07, 6.45) is 1.35. The van der Waals surface area contributed by atoms with Crippen molar-refractivity contribution >= 4 is 34.3 Å². The Morgan fingerprint density at radius 3 is 2.76 bits per heavy atom. The van der Waals surface area contributed by atoms with Crippen molar-refractivity contribution in [1.82, 2.24) is 14.7 Å². The van der Waals surface area contributed by atoms with Gasteiger partial charge in [0.2, 0.25) is 5.91 Å². The molecule has 8 nitrogen and oxygen atoms in total. The highest BCUT2D eigenvalue weighted by Gasteiger charge is 2.40. The number of imide groups is 1. The maximum Gasteiger partial charge on any atom is 0.327 e. The first kappa shape index (κ1) is 17.7. The van der Waals surface area contributed by atoms with Gasteiger partial charge in [0.05, 0.1) is 18.2 Å². The Morgan fingerprint density at radius 1 is 1.36 bits per heavy atom. The maximum absolute atomic E-state index is 12.4. The summed E-state index contributed by atoms with van der Waals surface area (Å²) in [6.45, 7) is 1.88. The third-order valence-corrected chi connectivity index (χ3v) is 5.33. The Labute approximate surface area is 150 Å². The van der Waals surface area contributed by atoms with Crippen LogP contribution in [0, 0.1) is 0 Å². The summed E-state index contributed by atoms with van der Waals surface area (Å²) in [6, 6.07) is 3.38. The fourth-order valence-corrected chi connectivity index (χ4v) is 3.77. The number of hydrogen-bond acceptors (Lipinski definition) is 5. The fraction of sp³-hybridized carbons (Fsp3) is 0.562. The minimum absolute atomic E-state index is 0.00483. The van der Waals surface area contributed by atoms with Crippen LogP contribution in [0.25, 0.3) is 0 Å². The average molecular weight is 366 g/mol. The highest BCUT2D eigenvalue weighted by Crippen LogP contribution is 2.23. The Balaban J connectivity index is 1.51. The minimum atomic E-state index is -0.247. The van der Waals surface area contributed by atoms with Crippen LogP contribution in [0.5, 0.6) is 0 Å². The zero-order valence-electron chi connectivity index (χ0n) is 14.1. The van der Waals surface area contributed by atoms with Crippen LogP contribution in [-0.4, -0.2) is 78.6 Å². The molecule has 0 aliphatic carbocycles. The summed E-state index contributed by atoms with van der Waals surface area (Å²) < 4.78 is 4.95. The number of carbonyl (C=O) groups is 3. The zero-order chi connectivity index (χ0) is 17.8. The second kappa shape index (κ2) is 7.83. The fourth-order valence-electron chi connectivity index (χ4n) is 3.16. The minimum Gasteiger partial charge on any atom is -0.383 e. The lowest BCUT2D eigenvalue weighted by atomic mass is 10.0. The number of urea groups is 2. The van der Waals surface area contributed by atoms with Gasteiger partial charge in [-0.05, 0) is 30.4 Å². The van der Waals surface area contributed by atoms with Gasteiger partial charge in [-0.15, -0.1) is 11.3 Å². The molecule has 3 rings (SSSR count). The van der Waals surface area contributed by atoms with E-state index in [0.29, 0.717) is 32.5 Å². The van der Waals surface area contributed by atoms with E-state index in [1.807, 2.05) is 17.5 Å². The molecule has 9 heteroatoms. The van der Waals surface area contributed by atoms with E-state index in [1.54, 1.807) is 16.9 Å². The molecule has 0 spiro atoms. The molecule has 0 atom stereocenters. The third kappa shape index (κ3) is 3.93. The summed E-state index contributed by atoms with van der Waals surface area (Å²) in [5, 5.41) is 5.60. The number of piperidine rings is 1. The molecule has 1 N–H and O–H groups in total. The third-order valence-electron chi connectivity index (χ3n) is 4.55. The van der Waals surface area contributed by atoms with Crippen LogP contribution in [0.1, 0.15) is 12.8 Å². The number of ether oxygens (including phenoxy) is 1. The molecule has 2 fully saturated rings. The van der Waals surface area contributed by atoms with Gasteiger partial charge in [0.25, 0.3) is 0 Å². The van der Waals surface area contributed by atoms with E-state index < -0.39 is 0 Å². The summed E-state index contributed by atoms with van der Waals surface area (Å²) in [5.41, 5.74) is 0. The number of hydrogen-bond donors (Lipinski definition) is 1. The highest BCUT2D eigenvalue weighted by atomic mass is 32.1. The Kier molecular flexibility index (Phi) is 5.54. The average Bonchev–Trinajstić information content (AvgIpc) is 3.22. The number of nitrogens with one attached hydrogen (secondary N) is 1. The first-order valence-electron chi connectivity index (χ1n) is 8.29. The molecule has 0 radical (unpaired) electrons. The molecular weight excluding hydrogens is 344 g/mol. The number of rotatable bonds is 5. The van der Waals surface area contributed by atoms with Crippen LogP contribution in [0.3, 0.4) is 0 Å². The quantitative estimate of drug-likeness (QED) is 0.804. The van der Waals surface area contributed by atoms with Crippen molar-refractivity contribution < 1.29 is 19.1 Å². The lowest BCUT2D eigenvalue weighted by Crippen LogP contribution is -2.49. The molecule has 3 heterocycles. The molecule has 0 aromatic carbocycles. The number of methoxy groups -OCH3 is 1. The van der Waals surface area contributed by atoms with E-state index in [1.165, 1.54) is 16.2 Å². The van der Waals surface area contributed by atoms with E-state index in [0.717, 1.165) is 5.00 Å².